The number of para-hydroxylation sites is 3. The number of benzene rings is 9. The van der Waals surface area contributed by atoms with Crippen molar-refractivity contribution in [3.05, 3.63) is 212 Å². The van der Waals surface area contributed by atoms with Crippen molar-refractivity contribution in [2.45, 2.75) is 6.54 Å². The van der Waals surface area contributed by atoms with E-state index in [-0.39, 0.29) is 0 Å². The summed E-state index contributed by atoms with van der Waals surface area (Å²) in [7, 11) is 0. The first-order valence-corrected chi connectivity index (χ1v) is 18.3. The second-order valence-corrected chi connectivity index (χ2v) is 13.7. The molecule has 0 N–H and O–H groups in total. The van der Waals surface area contributed by atoms with Crippen LogP contribution >= 0.6 is 0 Å². The van der Waals surface area contributed by atoms with Crippen molar-refractivity contribution in [3.63, 3.8) is 0 Å². The van der Waals surface area contributed by atoms with Gasteiger partial charge in [0.05, 0.1) is 11.0 Å². The number of hydrogen-bond acceptors (Lipinski definition) is 1. The number of rotatable bonds is 7. The Morgan fingerprint density at radius 2 is 0.887 bits per heavy atom. The van der Waals surface area contributed by atoms with Gasteiger partial charge >= 0.3 is 0 Å². The SMILES string of the molecule is c1ccc(-c2c3ccccc3c(-c3ccccc3)c3c(CN(c4ccccc4)c4ccc5c(c4)c4ccccc4n5-c4ccccc4)cccc23)cc1. The first kappa shape index (κ1) is 30.9. The fourth-order valence-electron chi connectivity index (χ4n) is 8.35. The molecule has 2 nitrogen and oxygen atoms in total. The van der Waals surface area contributed by atoms with Gasteiger partial charge in [-0.2, -0.15) is 0 Å². The van der Waals surface area contributed by atoms with E-state index in [1.807, 2.05) is 0 Å². The fourth-order valence-corrected chi connectivity index (χ4v) is 8.35. The van der Waals surface area contributed by atoms with Gasteiger partial charge in [0.15, 0.2) is 0 Å². The Kier molecular flexibility index (Phi) is 7.58. The molecule has 0 aliphatic carbocycles. The molecule has 0 spiro atoms. The average Bonchev–Trinajstić information content (AvgIpc) is 3.57. The monoisotopic (exact) mass is 676 g/mol. The summed E-state index contributed by atoms with van der Waals surface area (Å²) in [6, 6.07) is 74.9. The summed E-state index contributed by atoms with van der Waals surface area (Å²) in [6.07, 6.45) is 0. The van der Waals surface area contributed by atoms with Gasteiger partial charge in [-0.1, -0.05) is 158 Å². The van der Waals surface area contributed by atoms with Crippen molar-refractivity contribution < 1.29 is 0 Å². The van der Waals surface area contributed by atoms with Crippen LogP contribution in [0.4, 0.5) is 11.4 Å². The molecule has 250 valence electrons. The number of nitrogens with zero attached hydrogens (tertiary/aromatic N) is 2. The molecule has 0 aliphatic rings. The summed E-state index contributed by atoms with van der Waals surface area (Å²) in [4.78, 5) is 2.48. The van der Waals surface area contributed by atoms with E-state index in [9.17, 15) is 0 Å². The Morgan fingerprint density at radius 1 is 0.358 bits per heavy atom. The molecule has 0 aliphatic heterocycles. The van der Waals surface area contributed by atoms with E-state index >= 15 is 0 Å². The lowest BCUT2D eigenvalue weighted by Crippen LogP contribution is -2.17. The van der Waals surface area contributed by atoms with Crippen LogP contribution in [0.5, 0.6) is 0 Å². The standard InChI is InChI=1S/C51H36N2/c1-5-18-36(19-6-1)49-43-28-13-14-29-44(43)50(37-20-7-2-8-21-37)51-38(22-17-30-45(49)51)35-52(39-23-9-3-10-24-39)41-32-33-48-46(34-41)42-27-15-16-31-47(42)53(48)40-25-11-4-12-26-40/h1-34H,35H2. The van der Waals surface area contributed by atoms with Gasteiger partial charge in [-0.25, -0.2) is 0 Å². The molecule has 0 radical (unpaired) electrons. The summed E-state index contributed by atoms with van der Waals surface area (Å²) in [5, 5.41) is 7.57. The zero-order valence-corrected chi connectivity index (χ0v) is 29.2. The Morgan fingerprint density at radius 3 is 1.58 bits per heavy atom. The fraction of sp³-hybridized carbons (Fsp3) is 0.0196. The van der Waals surface area contributed by atoms with Gasteiger partial charge in [-0.05, 0) is 97.9 Å². The van der Waals surface area contributed by atoms with E-state index in [4.69, 9.17) is 0 Å². The molecule has 1 aromatic heterocycles. The molecule has 0 atom stereocenters. The lowest BCUT2D eigenvalue weighted by molar-refractivity contribution is 0.986. The molecule has 53 heavy (non-hydrogen) atoms. The number of fused-ring (bicyclic) bond motifs is 5. The molecular weight excluding hydrogens is 641 g/mol. The van der Waals surface area contributed by atoms with Crippen LogP contribution in [0.1, 0.15) is 5.56 Å². The van der Waals surface area contributed by atoms with Gasteiger partial charge in [0.25, 0.3) is 0 Å². The maximum Gasteiger partial charge on any atom is 0.0542 e. The van der Waals surface area contributed by atoms with Crippen LogP contribution in [0.15, 0.2) is 206 Å². The van der Waals surface area contributed by atoms with Crippen molar-refractivity contribution in [2.24, 2.45) is 0 Å². The number of anilines is 2. The second-order valence-electron chi connectivity index (χ2n) is 13.7. The first-order chi connectivity index (χ1) is 26.3. The summed E-state index contributed by atoms with van der Waals surface area (Å²) >= 11 is 0. The summed E-state index contributed by atoms with van der Waals surface area (Å²) < 4.78 is 2.38. The second kappa shape index (κ2) is 13.0. The maximum absolute atomic E-state index is 2.48. The van der Waals surface area contributed by atoms with E-state index in [0.717, 1.165) is 17.1 Å². The Balaban J connectivity index is 1.23. The predicted octanol–water partition coefficient (Wildman–Crippen LogP) is 13.8. The molecule has 0 bridgehead atoms. The minimum atomic E-state index is 0.691. The van der Waals surface area contributed by atoms with Crippen molar-refractivity contribution in [2.75, 3.05) is 4.90 Å². The van der Waals surface area contributed by atoms with Crippen molar-refractivity contribution in [1.82, 2.24) is 4.57 Å². The van der Waals surface area contributed by atoms with Gasteiger partial charge in [0.2, 0.25) is 0 Å². The topological polar surface area (TPSA) is 8.17 Å². The minimum Gasteiger partial charge on any atom is -0.337 e. The van der Waals surface area contributed by atoms with Crippen LogP contribution in [-0.4, -0.2) is 4.57 Å². The van der Waals surface area contributed by atoms with Gasteiger partial charge in [-0.3, -0.25) is 0 Å². The molecule has 0 saturated carbocycles. The van der Waals surface area contributed by atoms with Gasteiger partial charge in [0, 0.05) is 34.4 Å². The van der Waals surface area contributed by atoms with E-state index in [0.29, 0.717) is 6.54 Å². The predicted molar refractivity (Wildman–Crippen MR) is 225 cm³/mol. The lowest BCUT2D eigenvalue weighted by atomic mass is 9.84. The maximum atomic E-state index is 2.48. The highest BCUT2D eigenvalue weighted by molar-refractivity contribution is 6.22. The zero-order chi connectivity index (χ0) is 35.1. The van der Waals surface area contributed by atoms with Crippen LogP contribution in [-0.2, 0) is 6.54 Å². The third-order valence-corrected chi connectivity index (χ3v) is 10.6. The Hall–Kier alpha value is -6.90. The zero-order valence-electron chi connectivity index (χ0n) is 29.2. The summed E-state index contributed by atoms with van der Waals surface area (Å²) in [5.74, 6) is 0. The van der Waals surface area contributed by atoms with Crippen molar-refractivity contribution >= 4 is 54.7 Å². The van der Waals surface area contributed by atoms with E-state index < -0.39 is 0 Å². The van der Waals surface area contributed by atoms with Crippen molar-refractivity contribution in [3.8, 4) is 27.9 Å². The molecule has 0 saturated heterocycles. The van der Waals surface area contributed by atoms with Crippen LogP contribution in [0.3, 0.4) is 0 Å². The lowest BCUT2D eigenvalue weighted by Gasteiger charge is -2.27. The molecule has 10 aromatic rings. The first-order valence-electron chi connectivity index (χ1n) is 18.3. The van der Waals surface area contributed by atoms with Crippen molar-refractivity contribution in [1.29, 1.82) is 0 Å². The molecule has 0 fully saturated rings. The van der Waals surface area contributed by atoms with Crippen LogP contribution in [0.2, 0.25) is 0 Å². The van der Waals surface area contributed by atoms with E-state index in [1.54, 1.807) is 0 Å². The largest absolute Gasteiger partial charge is 0.337 e. The normalized spacial score (nSPS) is 11.5. The van der Waals surface area contributed by atoms with Crippen LogP contribution < -0.4 is 4.90 Å². The number of hydrogen-bond donors (Lipinski definition) is 0. The summed E-state index contributed by atoms with van der Waals surface area (Å²) in [6.45, 7) is 0.691. The average molecular weight is 677 g/mol. The van der Waals surface area contributed by atoms with Crippen LogP contribution in [0.25, 0.3) is 71.3 Å². The van der Waals surface area contributed by atoms with Gasteiger partial charge in [0.1, 0.15) is 0 Å². The highest BCUT2D eigenvalue weighted by Gasteiger charge is 2.22. The quantitative estimate of drug-likeness (QED) is 0.153. The Bertz CT molecular complexity index is 2890. The molecule has 1 heterocycles. The van der Waals surface area contributed by atoms with Crippen LogP contribution in [0, 0.1) is 0 Å². The third kappa shape index (κ3) is 5.27. The molecule has 10 rings (SSSR count). The smallest absolute Gasteiger partial charge is 0.0542 e. The Labute approximate surface area is 309 Å². The molecule has 2 heteroatoms. The summed E-state index contributed by atoms with van der Waals surface area (Å²) in [5.41, 5.74) is 12.2. The molecule has 9 aromatic carbocycles. The molecule has 0 unspecified atom stereocenters. The minimum absolute atomic E-state index is 0.691. The highest BCUT2D eigenvalue weighted by atomic mass is 15.1. The van der Waals surface area contributed by atoms with Gasteiger partial charge in [-0.15, -0.1) is 0 Å². The number of aromatic nitrogens is 1. The third-order valence-electron chi connectivity index (χ3n) is 10.6. The van der Waals surface area contributed by atoms with E-state index in [1.165, 1.54) is 71.2 Å². The van der Waals surface area contributed by atoms with Gasteiger partial charge < -0.3 is 9.47 Å². The molecular formula is C51H36N2. The molecule has 0 amide bonds. The van der Waals surface area contributed by atoms with E-state index in [2.05, 4.69) is 216 Å². The highest BCUT2D eigenvalue weighted by Crippen LogP contribution is 2.46.